The second-order valence-electron chi connectivity index (χ2n) is 10.5. The van der Waals surface area contributed by atoms with Gasteiger partial charge >= 0.3 is 0 Å². The van der Waals surface area contributed by atoms with Gasteiger partial charge < -0.3 is 20.7 Å². The summed E-state index contributed by atoms with van der Waals surface area (Å²) >= 11 is 0. The quantitative estimate of drug-likeness (QED) is 0.397. The number of benzene rings is 2. The highest BCUT2D eigenvalue weighted by Gasteiger charge is 2.35. The lowest BCUT2D eigenvalue weighted by Gasteiger charge is -2.29. The number of nitrogens with two attached hydrogens (primary N) is 1. The molecule has 7 heteroatoms. The summed E-state index contributed by atoms with van der Waals surface area (Å²) in [4.78, 5) is 41.0. The number of primary amides is 1. The van der Waals surface area contributed by atoms with Crippen molar-refractivity contribution in [3.63, 3.8) is 0 Å². The van der Waals surface area contributed by atoms with E-state index in [9.17, 15) is 14.4 Å². The van der Waals surface area contributed by atoms with Gasteiger partial charge in [0.25, 0.3) is 0 Å². The SMILES string of the molecule is C=CCC(C(N)=O)C(CC(C)C)C(=O)N[C@H]1CCCCN(Cc2cccc(-c3ccc(OC)cc3)c2)C1=O. The second kappa shape index (κ2) is 13.8. The lowest BCUT2D eigenvalue weighted by atomic mass is 9.82. The van der Waals surface area contributed by atoms with Crippen molar-refractivity contribution in [3.8, 4) is 16.9 Å². The number of likely N-dealkylation sites (tertiary alicyclic amines) is 1. The van der Waals surface area contributed by atoms with Gasteiger partial charge in [0, 0.05) is 13.1 Å². The monoisotopic (exact) mass is 519 g/mol. The van der Waals surface area contributed by atoms with Crippen LogP contribution in [0, 0.1) is 17.8 Å². The van der Waals surface area contributed by atoms with Crippen LogP contribution in [0.4, 0.5) is 0 Å². The molecule has 0 bridgehead atoms. The molecule has 1 saturated heterocycles. The van der Waals surface area contributed by atoms with Crippen LogP contribution in [0.2, 0.25) is 0 Å². The number of carbonyl (C=O) groups excluding carboxylic acids is 3. The van der Waals surface area contributed by atoms with Crippen LogP contribution in [0.15, 0.2) is 61.2 Å². The van der Waals surface area contributed by atoms with Crippen molar-refractivity contribution in [2.45, 2.75) is 58.5 Å². The Morgan fingerprint density at radius 2 is 1.87 bits per heavy atom. The van der Waals surface area contributed by atoms with E-state index in [4.69, 9.17) is 10.5 Å². The van der Waals surface area contributed by atoms with Gasteiger partial charge in [-0.1, -0.05) is 50.3 Å². The number of nitrogens with one attached hydrogen (secondary N) is 1. The van der Waals surface area contributed by atoms with Crippen LogP contribution in [-0.4, -0.2) is 42.3 Å². The maximum atomic E-state index is 13.6. The minimum Gasteiger partial charge on any atom is -0.497 e. The van der Waals surface area contributed by atoms with Gasteiger partial charge in [0.2, 0.25) is 17.7 Å². The van der Waals surface area contributed by atoms with Gasteiger partial charge in [0.1, 0.15) is 11.8 Å². The fourth-order valence-corrected chi connectivity index (χ4v) is 5.15. The predicted molar refractivity (Wildman–Crippen MR) is 150 cm³/mol. The van der Waals surface area contributed by atoms with Crippen molar-refractivity contribution < 1.29 is 19.1 Å². The normalized spacial score (nSPS) is 17.4. The van der Waals surface area contributed by atoms with E-state index in [-0.39, 0.29) is 17.7 Å². The van der Waals surface area contributed by atoms with E-state index in [0.29, 0.717) is 32.4 Å². The number of hydrogen-bond acceptors (Lipinski definition) is 4. The Bertz CT molecular complexity index is 1110. The highest BCUT2D eigenvalue weighted by Crippen LogP contribution is 2.27. The summed E-state index contributed by atoms with van der Waals surface area (Å²) in [5.74, 6) is -1.15. The minimum absolute atomic E-state index is 0.0895. The summed E-state index contributed by atoms with van der Waals surface area (Å²) in [6, 6.07) is 15.4. The Morgan fingerprint density at radius 1 is 1.13 bits per heavy atom. The summed E-state index contributed by atoms with van der Waals surface area (Å²) in [5.41, 5.74) is 8.81. The van der Waals surface area contributed by atoms with Crippen LogP contribution >= 0.6 is 0 Å². The maximum absolute atomic E-state index is 13.6. The van der Waals surface area contributed by atoms with Crippen molar-refractivity contribution in [1.29, 1.82) is 0 Å². The van der Waals surface area contributed by atoms with Gasteiger partial charge in [0.05, 0.1) is 18.9 Å². The molecule has 1 heterocycles. The summed E-state index contributed by atoms with van der Waals surface area (Å²) in [7, 11) is 1.64. The predicted octanol–water partition coefficient (Wildman–Crippen LogP) is 4.70. The average Bonchev–Trinajstić information content (AvgIpc) is 3.07. The molecular weight excluding hydrogens is 478 g/mol. The van der Waals surface area contributed by atoms with E-state index in [2.05, 4.69) is 18.0 Å². The van der Waals surface area contributed by atoms with E-state index >= 15 is 0 Å². The fourth-order valence-electron chi connectivity index (χ4n) is 5.15. The van der Waals surface area contributed by atoms with Crippen molar-refractivity contribution in [2.75, 3.05) is 13.7 Å². The van der Waals surface area contributed by atoms with Gasteiger partial charge in [-0.05, 0) is 72.9 Å². The second-order valence-corrected chi connectivity index (χ2v) is 10.5. The molecule has 2 aromatic carbocycles. The molecule has 204 valence electrons. The van der Waals surface area contributed by atoms with Gasteiger partial charge in [-0.3, -0.25) is 14.4 Å². The molecule has 1 aliphatic rings. The molecule has 0 aromatic heterocycles. The molecule has 7 nitrogen and oxygen atoms in total. The molecule has 3 N–H and O–H groups in total. The average molecular weight is 520 g/mol. The van der Waals surface area contributed by atoms with Crippen LogP contribution in [0.1, 0.15) is 51.5 Å². The number of hydrogen-bond donors (Lipinski definition) is 2. The van der Waals surface area contributed by atoms with Crippen LogP contribution in [0.3, 0.4) is 0 Å². The number of rotatable bonds is 12. The van der Waals surface area contributed by atoms with Crippen LogP contribution < -0.4 is 15.8 Å². The first-order valence-corrected chi connectivity index (χ1v) is 13.5. The molecule has 3 amide bonds. The molecule has 0 saturated carbocycles. The van der Waals surface area contributed by atoms with Crippen LogP contribution in [0.25, 0.3) is 11.1 Å². The molecular formula is C31H41N3O4. The zero-order valence-electron chi connectivity index (χ0n) is 22.8. The summed E-state index contributed by atoms with van der Waals surface area (Å²) < 4.78 is 5.26. The van der Waals surface area contributed by atoms with Gasteiger partial charge in [-0.25, -0.2) is 0 Å². The topological polar surface area (TPSA) is 102 Å². The first kappa shape index (κ1) is 29.0. The number of allylic oxidation sites excluding steroid dienone is 1. The van der Waals surface area contributed by atoms with E-state index in [0.717, 1.165) is 35.3 Å². The molecule has 0 spiro atoms. The lowest BCUT2D eigenvalue weighted by molar-refractivity contribution is -0.139. The summed E-state index contributed by atoms with van der Waals surface area (Å²) in [5, 5.41) is 2.99. The number of nitrogens with zero attached hydrogens (tertiary/aromatic N) is 1. The Balaban J connectivity index is 1.75. The third kappa shape index (κ3) is 7.70. The summed E-state index contributed by atoms with van der Waals surface area (Å²) in [6.45, 7) is 8.83. The third-order valence-electron chi connectivity index (χ3n) is 7.15. The molecule has 2 aromatic rings. The van der Waals surface area contributed by atoms with Gasteiger partial charge in [-0.2, -0.15) is 0 Å². The number of ether oxygens (including phenoxy) is 1. The van der Waals surface area contributed by atoms with E-state index in [1.54, 1.807) is 13.2 Å². The summed E-state index contributed by atoms with van der Waals surface area (Å²) in [6.07, 6.45) is 4.73. The highest BCUT2D eigenvalue weighted by molar-refractivity contribution is 5.91. The maximum Gasteiger partial charge on any atom is 0.245 e. The van der Waals surface area contributed by atoms with Crippen molar-refractivity contribution in [1.82, 2.24) is 10.2 Å². The molecule has 38 heavy (non-hydrogen) atoms. The number of amides is 3. The Hall–Kier alpha value is -3.61. The lowest BCUT2D eigenvalue weighted by Crippen LogP contribution is -2.50. The molecule has 3 rings (SSSR count). The Kier molecular flexibility index (Phi) is 10.5. The van der Waals surface area contributed by atoms with Crippen LogP contribution in [0.5, 0.6) is 5.75 Å². The first-order chi connectivity index (χ1) is 18.2. The van der Waals surface area contributed by atoms with Gasteiger partial charge in [-0.15, -0.1) is 6.58 Å². The molecule has 0 aliphatic carbocycles. The first-order valence-electron chi connectivity index (χ1n) is 13.5. The molecule has 3 atom stereocenters. The zero-order chi connectivity index (χ0) is 27.7. The molecule has 1 aliphatic heterocycles. The standard InChI is InChI=1S/C31H41N3O4/c1-5-9-26(29(32)35)27(18-21(2)3)30(36)33-28-12-6-7-17-34(31(28)37)20-22-10-8-11-24(19-22)23-13-15-25(38-4)16-14-23/h5,8,10-11,13-16,19,21,26-28H,1,6-7,9,12,17-18,20H2,2-4H3,(H2,32,35)(H,33,36)/t26?,27?,28-/m0/s1. The molecule has 0 radical (unpaired) electrons. The largest absolute Gasteiger partial charge is 0.497 e. The van der Waals surface area contributed by atoms with Gasteiger partial charge in [0.15, 0.2) is 0 Å². The van der Waals surface area contributed by atoms with E-state index in [1.807, 2.05) is 61.2 Å². The smallest absolute Gasteiger partial charge is 0.245 e. The molecule has 1 fully saturated rings. The minimum atomic E-state index is -0.646. The van der Waals surface area contributed by atoms with Crippen molar-refractivity contribution in [2.24, 2.45) is 23.5 Å². The number of methoxy groups -OCH3 is 1. The Morgan fingerprint density at radius 3 is 2.50 bits per heavy atom. The molecule has 2 unspecified atom stereocenters. The zero-order valence-corrected chi connectivity index (χ0v) is 22.8. The van der Waals surface area contributed by atoms with Crippen molar-refractivity contribution >= 4 is 17.7 Å². The third-order valence-corrected chi connectivity index (χ3v) is 7.15. The fraction of sp³-hybridized carbons (Fsp3) is 0.452. The highest BCUT2D eigenvalue weighted by atomic mass is 16.5. The van der Waals surface area contributed by atoms with Crippen LogP contribution in [-0.2, 0) is 20.9 Å². The Labute approximate surface area is 226 Å². The van der Waals surface area contributed by atoms with E-state index in [1.165, 1.54) is 0 Å². The van der Waals surface area contributed by atoms with E-state index < -0.39 is 23.8 Å². The number of carbonyl (C=O) groups is 3. The van der Waals surface area contributed by atoms with Crippen molar-refractivity contribution in [3.05, 3.63) is 66.7 Å².